The van der Waals surface area contributed by atoms with Crippen LogP contribution in [-0.2, 0) is 9.59 Å². The van der Waals surface area contributed by atoms with Crippen molar-refractivity contribution in [3.8, 4) is 0 Å². The number of nitrogen functional groups attached to an aromatic ring is 2. The van der Waals surface area contributed by atoms with Crippen molar-refractivity contribution in [2.75, 3.05) is 29.5 Å². The Morgan fingerprint density at radius 1 is 1.11 bits per heavy atom. The monoisotopic (exact) mass is 559 g/mol. The van der Waals surface area contributed by atoms with Crippen molar-refractivity contribution in [2.45, 2.75) is 48.1 Å². The first-order chi connectivity index (χ1) is 18.1. The van der Waals surface area contributed by atoms with Crippen LogP contribution in [0.4, 0.5) is 17.5 Å². The molecule has 5 rings (SSSR count). The first-order valence-corrected chi connectivity index (χ1v) is 13.3. The van der Waals surface area contributed by atoms with E-state index in [9.17, 15) is 9.59 Å². The standard InChI is InChI=1S/C21H26ClN7S.C4H4O4/c22-16-14(4-8-26-18(16)24)30-20-19(25)28-15(11-27-20)29-9-6-21(7-10-29)5-3-13(17(21)23)12-1-2-12;5-3(6)1-2-4(7)8/h3-4,8,11-12,17H,1-2,5-7,9-10,23H2,(H2,24,26)(H2,25,28);1-2H,(H,5,6)(H,7,8)/b;2-1-/t17-;/m1./s1. The molecule has 1 aliphatic heterocycles. The molecule has 38 heavy (non-hydrogen) atoms. The quantitative estimate of drug-likeness (QED) is 0.256. The van der Waals surface area contributed by atoms with Gasteiger partial charge in [-0.3, -0.25) is 0 Å². The number of rotatable bonds is 6. The molecule has 13 heteroatoms. The number of aromatic nitrogens is 3. The minimum absolute atomic E-state index is 0.222. The van der Waals surface area contributed by atoms with Gasteiger partial charge in [0.2, 0.25) is 0 Å². The molecule has 0 unspecified atom stereocenters. The molecule has 2 aromatic rings. The van der Waals surface area contributed by atoms with E-state index in [0.29, 0.717) is 28.0 Å². The molecule has 1 saturated heterocycles. The van der Waals surface area contributed by atoms with Gasteiger partial charge in [-0.2, -0.15) is 0 Å². The predicted octanol–water partition coefficient (Wildman–Crippen LogP) is 3.21. The minimum Gasteiger partial charge on any atom is -0.478 e. The summed E-state index contributed by atoms with van der Waals surface area (Å²) in [6.45, 7) is 1.85. The van der Waals surface area contributed by atoms with Crippen LogP contribution in [0.25, 0.3) is 0 Å². The van der Waals surface area contributed by atoms with E-state index in [-0.39, 0.29) is 17.3 Å². The zero-order valence-corrected chi connectivity index (χ0v) is 22.2. The molecule has 2 aromatic heterocycles. The van der Waals surface area contributed by atoms with Gasteiger partial charge in [0.1, 0.15) is 16.7 Å². The highest BCUT2D eigenvalue weighted by molar-refractivity contribution is 7.99. The summed E-state index contributed by atoms with van der Waals surface area (Å²) >= 11 is 7.58. The fraction of sp³-hybridized carbons (Fsp3) is 0.400. The van der Waals surface area contributed by atoms with E-state index in [1.165, 1.54) is 30.2 Å². The van der Waals surface area contributed by atoms with Crippen molar-refractivity contribution < 1.29 is 19.8 Å². The number of hydrogen-bond donors (Lipinski definition) is 5. The van der Waals surface area contributed by atoms with E-state index in [1.54, 1.807) is 18.5 Å². The highest BCUT2D eigenvalue weighted by atomic mass is 35.5. The maximum absolute atomic E-state index is 9.55. The summed E-state index contributed by atoms with van der Waals surface area (Å²) < 4.78 is 0. The van der Waals surface area contributed by atoms with Crippen LogP contribution in [0.1, 0.15) is 32.1 Å². The molecule has 0 radical (unpaired) electrons. The smallest absolute Gasteiger partial charge is 0.328 e. The molecule has 3 heterocycles. The second kappa shape index (κ2) is 11.6. The van der Waals surface area contributed by atoms with E-state index in [4.69, 9.17) is 39.0 Å². The highest BCUT2D eigenvalue weighted by Gasteiger charge is 2.47. The van der Waals surface area contributed by atoms with Crippen molar-refractivity contribution >= 4 is 52.8 Å². The van der Waals surface area contributed by atoms with Gasteiger partial charge in [0.05, 0.1) is 11.2 Å². The molecule has 1 spiro atoms. The number of piperidine rings is 1. The number of pyridine rings is 1. The molecule has 8 N–H and O–H groups in total. The van der Waals surface area contributed by atoms with E-state index in [2.05, 4.69) is 25.9 Å². The lowest BCUT2D eigenvalue weighted by molar-refractivity contribution is -0.134. The van der Waals surface area contributed by atoms with E-state index in [0.717, 1.165) is 49.0 Å². The van der Waals surface area contributed by atoms with Crippen molar-refractivity contribution in [1.82, 2.24) is 15.0 Å². The second-order valence-electron chi connectivity index (χ2n) is 9.55. The van der Waals surface area contributed by atoms with Crippen LogP contribution in [0.5, 0.6) is 0 Å². The number of allylic oxidation sites excluding steroid dienone is 1. The normalized spacial score (nSPS) is 20.2. The van der Waals surface area contributed by atoms with Gasteiger partial charge in [0.15, 0.2) is 5.82 Å². The van der Waals surface area contributed by atoms with Gasteiger partial charge < -0.3 is 32.3 Å². The summed E-state index contributed by atoms with van der Waals surface area (Å²) in [5, 5.41) is 16.6. The SMILES string of the molecule is Nc1nc(N2CCC3(CC=C(C4CC4)[C@H]3N)CC2)cnc1Sc1ccnc(N)c1Cl.O=C(O)/C=C\C(=O)O. The molecular weight excluding hydrogens is 530 g/mol. The third-order valence-electron chi connectivity index (χ3n) is 7.10. The Morgan fingerprint density at radius 3 is 2.34 bits per heavy atom. The van der Waals surface area contributed by atoms with Crippen LogP contribution in [0.2, 0.25) is 5.02 Å². The zero-order chi connectivity index (χ0) is 27.4. The topological polar surface area (TPSA) is 195 Å². The van der Waals surface area contributed by atoms with Gasteiger partial charge in [-0.15, -0.1) is 0 Å². The maximum Gasteiger partial charge on any atom is 0.328 e. The third kappa shape index (κ3) is 6.37. The summed E-state index contributed by atoms with van der Waals surface area (Å²) in [6, 6.07) is 2.01. The Labute approximate surface area is 229 Å². The minimum atomic E-state index is -1.26. The van der Waals surface area contributed by atoms with Gasteiger partial charge in [-0.1, -0.05) is 35.0 Å². The first-order valence-electron chi connectivity index (χ1n) is 12.1. The molecule has 1 atom stereocenters. The zero-order valence-electron chi connectivity index (χ0n) is 20.6. The molecule has 1 saturated carbocycles. The Balaban J connectivity index is 0.000000368. The highest BCUT2D eigenvalue weighted by Crippen LogP contribution is 2.51. The number of carboxylic acid groups (broad SMARTS) is 2. The number of aliphatic carboxylic acids is 2. The van der Waals surface area contributed by atoms with Crippen LogP contribution < -0.4 is 22.1 Å². The Morgan fingerprint density at radius 2 is 1.76 bits per heavy atom. The third-order valence-corrected chi connectivity index (χ3v) is 8.68. The van der Waals surface area contributed by atoms with Crippen LogP contribution in [0, 0.1) is 11.3 Å². The summed E-state index contributed by atoms with van der Waals surface area (Å²) in [5.74, 6) is -0.262. The molecule has 202 valence electrons. The lowest BCUT2D eigenvalue weighted by atomic mass is 9.72. The lowest BCUT2D eigenvalue weighted by Crippen LogP contribution is -2.48. The average molecular weight is 560 g/mol. The number of nitrogens with zero attached hydrogens (tertiary/aromatic N) is 4. The molecule has 0 amide bonds. The van der Waals surface area contributed by atoms with Gasteiger partial charge in [-0.25, -0.2) is 24.5 Å². The molecular formula is C25H30ClN7O4S. The average Bonchev–Trinajstić information content (AvgIpc) is 3.68. The van der Waals surface area contributed by atoms with Crippen LogP contribution in [0.15, 0.2) is 52.2 Å². The van der Waals surface area contributed by atoms with Gasteiger partial charge in [0.25, 0.3) is 0 Å². The maximum atomic E-state index is 9.55. The van der Waals surface area contributed by atoms with Crippen LogP contribution >= 0.6 is 23.4 Å². The number of carboxylic acids is 2. The van der Waals surface area contributed by atoms with Crippen molar-refractivity contribution in [1.29, 1.82) is 0 Å². The van der Waals surface area contributed by atoms with E-state index < -0.39 is 11.9 Å². The Kier molecular flexibility index (Phi) is 8.44. The number of hydrogen-bond acceptors (Lipinski definition) is 10. The van der Waals surface area contributed by atoms with Gasteiger partial charge in [0, 0.05) is 42.4 Å². The molecule has 2 aliphatic carbocycles. The molecule has 0 aromatic carbocycles. The van der Waals surface area contributed by atoms with E-state index in [1.807, 2.05) is 0 Å². The summed E-state index contributed by atoms with van der Waals surface area (Å²) in [6.07, 6.45) is 12.8. The fourth-order valence-corrected chi connectivity index (χ4v) is 5.86. The summed E-state index contributed by atoms with van der Waals surface area (Å²) in [5.41, 5.74) is 20.4. The van der Waals surface area contributed by atoms with Crippen LogP contribution in [-0.4, -0.2) is 56.2 Å². The largest absolute Gasteiger partial charge is 0.478 e. The van der Waals surface area contributed by atoms with Crippen molar-refractivity contribution in [3.63, 3.8) is 0 Å². The molecule has 3 aliphatic rings. The number of carbonyl (C=O) groups is 2. The second-order valence-corrected chi connectivity index (χ2v) is 11.0. The summed E-state index contributed by atoms with van der Waals surface area (Å²) in [7, 11) is 0. The van der Waals surface area contributed by atoms with Gasteiger partial charge in [-0.05, 0) is 49.5 Å². The number of halogens is 1. The summed E-state index contributed by atoms with van der Waals surface area (Å²) in [4.78, 5) is 35.3. The van der Waals surface area contributed by atoms with Crippen LogP contribution in [0.3, 0.4) is 0 Å². The molecule has 0 bridgehead atoms. The van der Waals surface area contributed by atoms with Crippen molar-refractivity contribution in [2.24, 2.45) is 17.1 Å². The molecule has 11 nitrogen and oxygen atoms in total. The lowest BCUT2D eigenvalue weighted by Gasteiger charge is -2.43. The molecule has 2 fully saturated rings. The Hall–Kier alpha value is -3.35. The fourth-order valence-electron chi connectivity index (χ4n) is 4.84. The predicted molar refractivity (Wildman–Crippen MR) is 146 cm³/mol. The van der Waals surface area contributed by atoms with Gasteiger partial charge >= 0.3 is 11.9 Å². The van der Waals surface area contributed by atoms with E-state index >= 15 is 0 Å². The number of anilines is 3. The number of nitrogens with two attached hydrogens (primary N) is 3. The Bertz CT molecular complexity index is 1260. The first kappa shape index (κ1) is 27.7. The van der Waals surface area contributed by atoms with Crippen molar-refractivity contribution in [3.05, 3.63) is 47.3 Å².